The molecule has 2 aliphatic rings. The molecule has 4 aromatic rings. The second-order valence-electron chi connectivity index (χ2n) is 11.5. The standard InChI is InChI=1S/C18H21NO4.C16H19N5/c1-13-15(16(20)21)9-6-11-18(13,17(22)23)19(2)12-10-14-7-4-3-5-8-14;1-2-7-20(6-1)8-5-13-10-17-16-4-3-14(9-15(13)16)21-11-18-19-12-21/h3-9,11,13H,10,12H2,1-2H3,(H,20,21)(H,22,23);3-4,9-12,17H,1-2,5-8H2. The van der Waals surface area contributed by atoms with Crippen molar-refractivity contribution in [3.63, 3.8) is 0 Å². The molecule has 2 aromatic heterocycles. The van der Waals surface area contributed by atoms with Crippen LogP contribution in [0, 0.1) is 5.92 Å². The van der Waals surface area contributed by atoms with Crippen LogP contribution in [0.5, 0.6) is 0 Å². The lowest BCUT2D eigenvalue weighted by Gasteiger charge is -2.42. The minimum atomic E-state index is -1.35. The number of carbonyl (C=O) groups is 2. The van der Waals surface area contributed by atoms with Crippen molar-refractivity contribution in [1.29, 1.82) is 0 Å². The zero-order valence-electron chi connectivity index (χ0n) is 25.3. The van der Waals surface area contributed by atoms with Gasteiger partial charge in [-0.2, -0.15) is 0 Å². The molecule has 44 heavy (non-hydrogen) atoms. The third kappa shape index (κ3) is 6.66. The van der Waals surface area contributed by atoms with E-state index in [0.717, 1.165) is 24.2 Å². The van der Waals surface area contributed by atoms with E-state index in [1.54, 1.807) is 37.6 Å². The summed E-state index contributed by atoms with van der Waals surface area (Å²) in [6.07, 6.45) is 14.7. The van der Waals surface area contributed by atoms with Gasteiger partial charge in [-0.1, -0.05) is 55.5 Å². The monoisotopic (exact) mass is 596 g/mol. The molecule has 2 atom stereocenters. The molecule has 2 aromatic carbocycles. The average molecular weight is 597 g/mol. The lowest BCUT2D eigenvalue weighted by atomic mass is 9.75. The van der Waals surface area contributed by atoms with Gasteiger partial charge in [0.25, 0.3) is 0 Å². The van der Waals surface area contributed by atoms with Gasteiger partial charge in [0.2, 0.25) is 0 Å². The van der Waals surface area contributed by atoms with Gasteiger partial charge in [0.1, 0.15) is 18.2 Å². The largest absolute Gasteiger partial charge is 0.480 e. The summed E-state index contributed by atoms with van der Waals surface area (Å²) in [5.74, 6) is -2.77. The number of H-pyrrole nitrogens is 1. The van der Waals surface area contributed by atoms with Crippen LogP contribution in [-0.4, -0.2) is 90.5 Å². The summed E-state index contributed by atoms with van der Waals surface area (Å²) in [5.41, 5.74) is 3.57. The van der Waals surface area contributed by atoms with Crippen LogP contribution in [0.25, 0.3) is 16.6 Å². The summed E-state index contributed by atoms with van der Waals surface area (Å²) in [6.45, 7) is 5.83. The van der Waals surface area contributed by atoms with E-state index in [1.807, 2.05) is 34.9 Å². The Hall–Kier alpha value is -4.54. The first-order chi connectivity index (χ1) is 21.3. The molecular formula is C34H40N6O4. The smallest absolute Gasteiger partial charge is 0.331 e. The molecule has 1 aliphatic carbocycles. The Morgan fingerprint density at radius 3 is 2.45 bits per heavy atom. The van der Waals surface area contributed by atoms with E-state index >= 15 is 0 Å². The molecule has 0 radical (unpaired) electrons. The number of rotatable bonds is 10. The summed E-state index contributed by atoms with van der Waals surface area (Å²) in [4.78, 5) is 31.0. The van der Waals surface area contributed by atoms with Gasteiger partial charge in [-0.25, -0.2) is 9.59 Å². The number of likely N-dealkylation sites (tertiary alicyclic amines) is 1. The van der Waals surface area contributed by atoms with Gasteiger partial charge < -0.3 is 20.1 Å². The van der Waals surface area contributed by atoms with E-state index in [-0.39, 0.29) is 5.57 Å². The molecule has 3 heterocycles. The van der Waals surface area contributed by atoms with E-state index in [2.05, 4.69) is 44.5 Å². The molecule has 3 N–H and O–H groups in total. The van der Waals surface area contributed by atoms with Crippen LogP contribution in [0.4, 0.5) is 0 Å². The average Bonchev–Trinajstić information content (AvgIpc) is 3.82. The van der Waals surface area contributed by atoms with E-state index in [9.17, 15) is 19.8 Å². The van der Waals surface area contributed by atoms with E-state index in [4.69, 9.17) is 0 Å². The summed E-state index contributed by atoms with van der Waals surface area (Å²) in [6, 6.07) is 16.2. The number of hydrogen-bond donors (Lipinski definition) is 3. The quantitative estimate of drug-likeness (QED) is 0.243. The topological polar surface area (TPSA) is 128 Å². The number of nitrogens with one attached hydrogen (secondary N) is 1. The van der Waals surface area contributed by atoms with Crippen molar-refractivity contribution >= 4 is 22.8 Å². The van der Waals surface area contributed by atoms with Gasteiger partial charge in [-0.05, 0) is 75.1 Å². The summed E-state index contributed by atoms with van der Waals surface area (Å²) in [7, 11) is 1.72. The van der Waals surface area contributed by atoms with Crippen LogP contribution in [-0.2, 0) is 22.4 Å². The second kappa shape index (κ2) is 13.8. The highest BCUT2D eigenvalue weighted by atomic mass is 16.4. The van der Waals surface area contributed by atoms with Crippen LogP contribution in [0.15, 0.2) is 91.2 Å². The molecule has 6 rings (SSSR count). The zero-order valence-corrected chi connectivity index (χ0v) is 25.3. The molecule has 1 saturated heterocycles. The Morgan fingerprint density at radius 2 is 1.77 bits per heavy atom. The highest BCUT2D eigenvalue weighted by molar-refractivity contribution is 5.93. The number of carboxylic acid groups (broad SMARTS) is 2. The minimum Gasteiger partial charge on any atom is -0.480 e. The van der Waals surface area contributed by atoms with Crippen LogP contribution >= 0.6 is 0 Å². The van der Waals surface area contributed by atoms with Crippen LogP contribution in [0.2, 0.25) is 0 Å². The van der Waals surface area contributed by atoms with E-state index in [0.29, 0.717) is 13.0 Å². The second-order valence-corrected chi connectivity index (χ2v) is 11.5. The minimum absolute atomic E-state index is 0.112. The molecule has 0 amide bonds. The predicted octanol–water partition coefficient (Wildman–Crippen LogP) is 4.59. The summed E-state index contributed by atoms with van der Waals surface area (Å²) >= 11 is 0. The van der Waals surface area contributed by atoms with Crippen molar-refractivity contribution < 1.29 is 19.8 Å². The molecule has 10 nitrogen and oxygen atoms in total. The van der Waals surface area contributed by atoms with Gasteiger partial charge in [0, 0.05) is 47.4 Å². The number of fused-ring (bicyclic) bond motifs is 1. The number of aromatic nitrogens is 4. The van der Waals surface area contributed by atoms with Crippen LogP contribution in [0.3, 0.4) is 0 Å². The van der Waals surface area contributed by atoms with Crippen molar-refractivity contribution in [3.8, 4) is 5.69 Å². The Balaban J connectivity index is 0.000000175. The molecule has 0 spiro atoms. The number of hydrogen-bond acceptors (Lipinski definition) is 6. The van der Waals surface area contributed by atoms with E-state index in [1.165, 1.54) is 54.5 Å². The molecule has 10 heteroatoms. The first-order valence-electron chi connectivity index (χ1n) is 15.1. The maximum absolute atomic E-state index is 12.0. The third-order valence-corrected chi connectivity index (χ3v) is 8.92. The lowest BCUT2D eigenvalue weighted by molar-refractivity contribution is -0.150. The maximum Gasteiger partial charge on any atom is 0.331 e. The normalized spacial score (nSPS) is 20.0. The molecule has 0 saturated carbocycles. The van der Waals surface area contributed by atoms with Gasteiger partial charge >= 0.3 is 11.9 Å². The number of aromatic amines is 1. The van der Waals surface area contributed by atoms with Crippen molar-refractivity contribution in [2.75, 3.05) is 33.2 Å². The number of nitrogens with zero attached hydrogens (tertiary/aromatic N) is 5. The Kier molecular flexibility index (Phi) is 9.72. The first kappa shape index (κ1) is 30.9. The fourth-order valence-electron chi connectivity index (χ4n) is 6.24. The molecule has 1 aliphatic heterocycles. The molecule has 2 unspecified atom stereocenters. The third-order valence-electron chi connectivity index (χ3n) is 8.92. The van der Waals surface area contributed by atoms with Crippen LogP contribution in [0.1, 0.15) is 30.9 Å². The highest BCUT2D eigenvalue weighted by Crippen LogP contribution is 2.35. The molecule has 1 fully saturated rings. The highest BCUT2D eigenvalue weighted by Gasteiger charge is 2.48. The van der Waals surface area contributed by atoms with Crippen molar-refractivity contribution in [1.82, 2.24) is 29.5 Å². The summed E-state index contributed by atoms with van der Waals surface area (Å²) in [5, 5.41) is 28.2. The number of carboxylic acids is 2. The first-order valence-corrected chi connectivity index (χ1v) is 15.1. The Morgan fingerprint density at radius 1 is 1.05 bits per heavy atom. The molecular weight excluding hydrogens is 556 g/mol. The predicted molar refractivity (Wildman–Crippen MR) is 170 cm³/mol. The fourth-order valence-corrected chi connectivity index (χ4v) is 6.24. The number of likely N-dealkylation sites (N-methyl/N-ethyl adjacent to an activating group) is 1. The molecule has 230 valence electrons. The Labute approximate surface area is 257 Å². The van der Waals surface area contributed by atoms with Gasteiger partial charge in [-0.3, -0.25) is 9.47 Å². The number of benzene rings is 2. The fraction of sp³-hybridized carbons (Fsp3) is 0.353. The number of aliphatic carboxylic acids is 2. The van der Waals surface area contributed by atoms with Gasteiger partial charge in [0.05, 0.1) is 0 Å². The van der Waals surface area contributed by atoms with Gasteiger partial charge in [-0.15, -0.1) is 10.2 Å². The summed E-state index contributed by atoms with van der Waals surface area (Å²) < 4.78 is 1.94. The Bertz CT molecular complexity index is 1620. The zero-order chi connectivity index (χ0) is 31.1. The van der Waals surface area contributed by atoms with Crippen molar-refractivity contribution in [2.24, 2.45) is 5.92 Å². The van der Waals surface area contributed by atoms with Crippen molar-refractivity contribution in [2.45, 2.75) is 38.1 Å². The SMILES string of the molecule is CC1C(C(=O)O)=CC=CC1(C(=O)O)N(C)CCc1ccccc1.c1cc2[nH]cc(CCN3CCCC3)c2cc1-n1cnnc1. The maximum atomic E-state index is 12.0. The molecule has 0 bridgehead atoms. The van der Waals surface area contributed by atoms with Gasteiger partial charge in [0.15, 0.2) is 0 Å². The van der Waals surface area contributed by atoms with E-state index < -0.39 is 23.4 Å². The van der Waals surface area contributed by atoms with Crippen LogP contribution < -0.4 is 0 Å². The number of allylic oxidation sites excluding steroid dienone is 2. The lowest BCUT2D eigenvalue weighted by Crippen LogP contribution is -2.58. The van der Waals surface area contributed by atoms with Crippen molar-refractivity contribution in [3.05, 3.63) is 102 Å².